The molecule has 19 N–H and O–H groups in total. The third kappa shape index (κ3) is 26.9. The number of guanidine groups is 1. The lowest BCUT2D eigenvalue weighted by atomic mass is 9.99. The number of benzene rings is 3. The number of aromatic amines is 1. The normalized spacial score (nSPS) is 22.6. The van der Waals surface area contributed by atoms with Crippen LogP contribution < -0.4 is 70.0 Å². The zero-order valence-electron chi connectivity index (χ0n) is 61.4. The number of hydrogen-bond acceptors (Lipinski definition) is 20. The minimum absolute atomic E-state index is 0.00483. The number of aromatic hydroxyl groups is 1. The van der Waals surface area contributed by atoms with E-state index < -0.39 is 173 Å². The molecule has 0 radical (unpaired) electrons. The molecular weight excluding hydrogens is 1440 g/mol. The monoisotopic (exact) mass is 1540 g/mol. The van der Waals surface area contributed by atoms with E-state index in [1.807, 2.05) is 0 Å². The van der Waals surface area contributed by atoms with Gasteiger partial charge in [-0.3, -0.25) is 72.5 Å². The van der Waals surface area contributed by atoms with Gasteiger partial charge in [-0.1, -0.05) is 108 Å². The summed E-state index contributed by atoms with van der Waals surface area (Å²) in [6, 6.07) is 9.10. The molecule has 0 saturated carbocycles. The molecule has 2 aliphatic rings. The third-order valence-corrected chi connectivity index (χ3v) is 21.1. The Balaban J connectivity index is 1.41. The molecule has 0 spiro atoms. The van der Waals surface area contributed by atoms with Crippen LogP contribution in [-0.2, 0) is 92.8 Å². The van der Waals surface area contributed by atoms with Crippen LogP contribution in [0.25, 0.3) is 0 Å². The number of aliphatic hydroxyl groups excluding tert-OH is 1. The van der Waals surface area contributed by atoms with Gasteiger partial charge in [-0.05, 0) is 87.6 Å². The quantitative estimate of drug-likeness (QED) is 0.0172. The first kappa shape index (κ1) is 86.1. The number of rotatable bonds is 21. The Morgan fingerprint density at radius 2 is 1.32 bits per heavy atom. The highest BCUT2D eigenvalue weighted by Crippen LogP contribution is 2.41. The van der Waals surface area contributed by atoms with Crippen LogP contribution in [0.1, 0.15) is 96.0 Å². The van der Waals surface area contributed by atoms with Gasteiger partial charge in [-0.2, -0.15) is 0 Å². The summed E-state index contributed by atoms with van der Waals surface area (Å²) in [7, 11) is 4.00. The molecule has 0 aliphatic carbocycles. The van der Waals surface area contributed by atoms with Crippen molar-refractivity contribution in [3.63, 3.8) is 0 Å². The number of fused-ring (bicyclic) bond motifs is 1. The molecule has 0 unspecified atom stereocenters. The number of phenols is 1. The van der Waals surface area contributed by atoms with E-state index in [4.69, 9.17) is 16.9 Å². The molecule has 14 amide bonds. The van der Waals surface area contributed by atoms with Gasteiger partial charge >= 0.3 is 0 Å². The van der Waals surface area contributed by atoms with Gasteiger partial charge in [0, 0.05) is 66.0 Å². The summed E-state index contributed by atoms with van der Waals surface area (Å²) in [5, 5.41) is 55.8. The van der Waals surface area contributed by atoms with Gasteiger partial charge in [0.15, 0.2) is 11.3 Å². The average molecular weight is 1540 g/mol. The number of primary amides is 1. The van der Waals surface area contributed by atoms with Crippen molar-refractivity contribution in [3.05, 3.63) is 120 Å². The Bertz CT molecular complexity index is 3820. The molecule has 1 aromatic heterocycles. The Kier molecular flexibility index (Phi) is 33.0. The van der Waals surface area contributed by atoms with Gasteiger partial charge < -0.3 is 99.8 Å². The summed E-state index contributed by atoms with van der Waals surface area (Å²) >= 11 is 0. The fourth-order valence-electron chi connectivity index (χ4n) is 11.8. The molecule has 0 bridgehead atoms. The lowest BCUT2D eigenvalue weighted by Crippen LogP contribution is -2.64. The van der Waals surface area contributed by atoms with E-state index >= 15 is 14.4 Å². The molecule has 4 aromatic rings. The minimum Gasteiger partial charge on any atom is -0.508 e. The number of carbonyl (C=O) groups excluding carboxylic acids is 14. The molecular formula is C71H99N19O16S2. The maximum absolute atomic E-state index is 15.2. The number of carbonyl (C=O) groups is 14. The Morgan fingerprint density at radius 1 is 0.704 bits per heavy atom. The number of aliphatic hydroxyl groups is 1. The maximum Gasteiger partial charge on any atom is 0.251 e. The van der Waals surface area contributed by atoms with E-state index in [2.05, 4.69) is 68.5 Å². The molecule has 3 heterocycles. The topological polar surface area (TPSA) is 526 Å². The maximum atomic E-state index is 15.2. The van der Waals surface area contributed by atoms with Crippen molar-refractivity contribution >= 4 is 110 Å². The van der Waals surface area contributed by atoms with Crippen LogP contribution in [0.3, 0.4) is 0 Å². The number of nitrogens with one attached hydrogen (secondary N) is 13. The highest BCUT2D eigenvalue weighted by molar-refractivity contribution is 8.77. The van der Waals surface area contributed by atoms with Crippen molar-refractivity contribution in [1.82, 2.24) is 83.2 Å². The summed E-state index contributed by atoms with van der Waals surface area (Å²) in [6.07, 6.45) is 0.695. The fourth-order valence-corrected chi connectivity index (χ4v) is 14.4. The number of amides is 14. The van der Waals surface area contributed by atoms with Gasteiger partial charge in [-0.25, -0.2) is 4.98 Å². The summed E-state index contributed by atoms with van der Waals surface area (Å²) < 4.78 is -1.71. The van der Waals surface area contributed by atoms with Gasteiger partial charge in [-0.15, -0.1) is 0 Å². The fraction of sp³-hybridized carbons (Fsp3) is 0.493. The average Bonchev–Trinajstić information content (AvgIpc) is 1.32. The Morgan fingerprint density at radius 3 is 1.94 bits per heavy atom. The highest BCUT2D eigenvalue weighted by Gasteiger charge is 2.45. The third-order valence-electron chi connectivity index (χ3n) is 17.7. The number of nitrogens with two attached hydrogens (primary N) is 2. The Labute approximate surface area is 632 Å². The largest absolute Gasteiger partial charge is 0.508 e. The molecule has 2 aliphatic heterocycles. The van der Waals surface area contributed by atoms with Crippen molar-refractivity contribution in [2.75, 3.05) is 46.8 Å². The summed E-state index contributed by atoms with van der Waals surface area (Å²) in [4.78, 5) is 211. The predicted molar refractivity (Wildman–Crippen MR) is 399 cm³/mol. The zero-order valence-corrected chi connectivity index (χ0v) is 63.1. The van der Waals surface area contributed by atoms with Crippen molar-refractivity contribution < 1.29 is 77.3 Å². The second-order valence-corrected chi connectivity index (χ2v) is 30.3. The predicted octanol–water partition coefficient (Wildman–Crippen LogP) is -2.90. The van der Waals surface area contributed by atoms with Crippen LogP contribution >= 0.6 is 21.6 Å². The molecule has 35 nitrogen and oxygen atoms in total. The number of hydrogen-bond donors (Lipinski definition) is 17. The van der Waals surface area contributed by atoms with Gasteiger partial charge in [0.2, 0.25) is 76.8 Å². The first-order chi connectivity index (χ1) is 51.1. The van der Waals surface area contributed by atoms with E-state index in [1.165, 1.54) is 76.6 Å². The van der Waals surface area contributed by atoms with E-state index in [-0.39, 0.29) is 94.2 Å². The van der Waals surface area contributed by atoms with E-state index in [1.54, 1.807) is 74.5 Å². The smallest absolute Gasteiger partial charge is 0.251 e. The second kappa shape index (κ2) is 41.3. The van der Waals surface area contributed by atoms with Crippen LogP contribution in [0.5, 0.6) is 5.75 Å². The number of likely N-dealkylation sites (N-methyl/N-ethyl adjacent to an activating group) is 2. The van der Waals surface area contributed by atoms with Crippen LogP contribution in [-0.4, -0.2) is 241 Å². The molecule has 2 saturated heterocycles. The number of nitrogens with zero attached hydrogens (tertiary/aromatic N) is 4. The van der Waals surface area contributed by atoms with Crippen molar-refractivity contribution in [2.24, 2.45) is 17.4 Å². The van der Waals surface area contributed by atoms with Crippen molar-refractivity contribution in [2.45, 2.75) is 170 Å². The lowest BCUT2D eigenvalue weighted by Gasteiger charge is -2.36. The van der Waals surface area contributed by atoms with Crippen LogP contribution in [0.2, 0.25) is 0 Å². The highest BCUT2D eigenvalue weighted by atomic mass is 33.1. The lowest BCUT2D eigenvalue weighted by molar-refractivity contribution is -0.145. The standard InChI is InChI=1S/C71H99N19O16S2/c1-39(2)29-53-65(103)84-51(32-44-23-25-46(93)26-24-44)69(106)90-28-16-22-52(90)64(102)87-68(59(72)97)107-108-71(5,6)58(86-63(101)49(31-43-19-13-10-14-20-43)83-61(99)47(80-41(4)92)21-15-27-76-70(73)74)67(105)85-57(40(3)91)66(104)77-35-54(94)81-50(33-45-34-75-38-79-45)62(100)82-48(30-42-17-11-9-12-18-42)60(98)78-36-55(95)88(7)37-56(96)89(53)8/h9-14,17-20,23-26,34,38-40,47-53,57-58,68,91,93H,15-16,21-22,27-33,35-37H2,1-8H3,(H2,72,97)(H,75,79)(H,77,104)(H,78,98)(H,80,92)(H,81,94)(H,82,100)(H,83,99)(H,84,103)(H,85,105)(H,86,101)(H,87,102)(H4,73,74,76)/t40-,47+,48+,49+,50+,51+,52+,53+,57+,58-,68+/m1/s1. The number of aromatic nitrogens is 2. The van der Waals surface area contributed by atoms with Crippen LogP contribution in [0.4, 0.5) is 0 Å². The number of imidazole rings is 1. The van der Waals surface area contributed by atoms with Crippen molar-refractivity contribution in [1.29, 1.82) is 5.41 Å². The first-order valence-electron chi connectivity index (χ1n) is 35.1. The second-order valence-electron chi connectivity index (χ2n) is 27.3. The van der Waals surface area contributed by atoms with Crippen LogP contribution in [0.15, 0.2) is 97.5 Å². The number of H-pyrrole nitrogens is 1. The van der Waals surface area contributed by atoms with E-state index in [0.717, 1.165) is 27.5 Å². The van der Waals surface area contributed by atoms with Gasteiger partial charge in [0.05, 0.1) is 42.5 Å². The molecule has 108 heavy (non-hydrogen) atoms. The van der Waals surface area contributed by atoms with Gasteiger partial charge in [0.1, 0.15) is 60.1 Å². The van der Waals surface area contributed by atoms with E-state index in [9.17, 15) is 63.0 Å². The molecule has 586 valence electrons. The van der Waals surface area contributed by atoms with E-state index in [0.29, 0.717) is 27.5 Å². The zero-order chi connectivity index (χ0) is 79.5. The SMILES string of the molecule is CC(=O)N[C@@H](CCCNC(=N)N)C(=O)N[C@@H](Cc1ccccc1)C(=O)N[C@@H]1C(=O)N[C@@H]([C@@H](C)O)C(=O)NCC(=O)N[C@@H](Cc2c[nH]cn2)C(=O)N[C@@H](Cc2ccccc2)C(=O)NCC(=O)N(C)CC(=O)N(C)[C@@H](CC(C)C)C(=O)N[C@@H](Cc2ccc(O)cc2)C(=O)N2CCC[C@H]2C(=O)N[C@H](C(N)=O)SSC1(C)C. The van der Waals surface area contributed by atoms with Crippen molar-refractivity contribution in [3.8, 4) is 5.75 Å². The molecule has 37 heteroatoms. The molecule has 11 atom stereocenters. The summed E-state index contributed by atoms with van der Waals surface area (Å²) in [5.41, 5.74) is 13.3. The molecule has 6 rings (SSSR count). The minimum atomic E-state index is -1.93. The Hall–Kier alpha value is -10.8. The molecule has 2 fully saturated rings. The summed E-state index contributed by atoms with van der Waals surface area (Å²) in [6.45, 7) is 6.67. The van der Waals surface area contributed by atoms with Gasteiger partial charge in [0.25, 0.3) is 5.91 Å². The first-order valence-corrected chi connectivity index (χ1v) is 37.3. The number of phenolic OH excluding ortho intramolecular Hbond substituents is 1. The molecule has 3 aromatic carbocycles. The summed E-state index contributed by atoms with van der Waals surface area (Å²) in [5.74, 6) is -13.3. The van der Waals surface area contributed by atoms with Crippen LogP contribution in [0, 0.1) is 11.3 Å².